The van der Waals surface area contributed by atoms with Gasteiger partial charge < -0.3 is 0 Å². The smallest absolute Gasteiger partial charge is 0.00755 e. The highest BCUT2D eigenvalue weighted by atomic mass is 32.2. The summed E-state index contributed by atoms with van der Waals surface area (Å²) in [6.07, 6.45) is 7.97. The second-order valence-corrected chi connectivity index (χ2v) is 5.73. The SMILES string of the molecule is C=C1SC2=CC=CC(C2)C(C)C(C)=C1C. The molecule has 0 saturated carbocycles. The van der Waals surface area contributed by atoms with Crippen molar-refractivity contribution in [1.82, 2.24) is 0 Å². The van der Waals surface area contributed by atoms with Crippen LogP contribution in [0.5, 0.6) is 0 Å². The molecule has 2 unspecified atom stereocenters. The fourth-order valence-electron chi connectivity index (χ4n) is 2.21. The van der Waals surface area contributed by atoms with Crippen molar-refractivity contribution >= 4 is 11.8 Å². The monoisotopic (exact) mass is 218 g/mol. The van der Waals surface area contributed by atoms with Crippen molar-refractivity contribution in [2.24, 2.45) is 11.8 Å². The zero-order valence-corrected chi connectivity index (χ0v) is 10.5. The van der Waals surface area contributed by atoms with E-state index in [-0.39, 0.29) is 0 Å². The van der Waals surface area contributed by atoms with E-state index in [4.69, 9.17) is 0 Å². The van der Waals surface area contributed by atoms with Crippen molar-refractivity contribution < 1.29 is 0 Å². The van der Waals surface area contributed by atoms with Crippen LogP contribution in [0.3, 0.4) is 0 Å². The Kier molecular flexibility index (Phi) is 2.92. The van der Waals surface area contributed by atoms with Crippen LogP contribution in [-0.2, 0) is 0 Å². The molecule has 2 aliphatic rings. The van der Waals surface area contributed by atoms with Crippen molar-refractivity contribution in [3.8, 4) is 0 Å². The fraction of sp³-hybridized carbons (Fsp3) is 0.429. The third kappa shape index (κ3) is 1.98. The zero-order valence-electron chi connectivity index (χ0n) is 9.71. The van der Waals surface area contributed by atoms with Crippen molar-refractivity contribution in [1.29, 1.82) is 0 Å². The number of hydrogen-bond donors (Lipinski definition) is 0. The molecule has 0 spiro atoms. The Morgan fingerprint density at radius 3 is 2.87 bits per heavy atom. The molecule has 0 aromatic heterocycles. The fourth-order valence-corrected chi connectivity index (χ4v) is 3.26. The van der Waals surface area contributed by atoms with Crippen molar-refractivity contribution in [3.05, 3.63) is 45.8 Å². The second kappa shape index (κ2) is 4.05. The highest BCUT2D eigenvalue weighted by molar-refractivity contribution is 8.06. The molecule has 0 saturated heterocycles. The molecule has 2 rings (SSSR count). The zero-order chi connectivity index (χ0) is 11.0. The van der Waals surface area contributed by atoms with Gasteiger partial charge in [0.05, 0.1) is 0 Å². The first-order valence-corrected chi connectivity index (χ1v) is 6.33. The van der Waals surface area contributed by atoms with E-state index in [2.05, 4.69) is 45.6 Å². The van der Waals surface area contributed by atoms with Gasteiger partial charge in [-0.1, -0.05) is 49.1 Å². The minimum Gasteiger partial charge on any atom is -0.0949 e. The van der Waals surface area contributed by atoms with Crippen molar-refractivity contribution in [2.75, 3.05) is 0 Å². The quantitative estimate of drug-likeness (QED) is 0.569. The van der Waals surface area contributed by atoms with Crippen LogP contribution in [0.4, 0.5) is 0 Å². The molecule has 1 heteroatoms. The first-order chi connectivity index (χ1) is 7.09. The molecule has 1 heterocycles. The van der Waals surface area contributed by atoms with Crippen LogP contribution >= 0.6 is 11.8 Å². The summed E-state index contributed by atoms with van der Waals surface area (Å²) in [7, 11) is 0. The van der Waals surface area contributed by atoms with Gasteiger partial charge in [0, 0.05) is 4.91 Å². The summed E-state index contributed by atoms with van der Waals surface area (Å²) in [5.74, 6) is 1.32. The molecule has 0 N–H and O–H groups in total. The highest BCUT2D eigenvalue weighted by Gasteiger charge is 2.24. The van der Waals surface area contributed by atoms with Crippen LogP contribution in [0.15, 0.2) is 45.8 Å². The molecular weight excluding hydrogens is 200 g/mol. The van der Waals surface area contributed by atoms with E-state index in [1.807, 2.05) is 11.8 Å². The molecule has 0 radical (unpaired) electrons. The minimum atomic E-state index is 0.641. The van der Waals surface area contributed by atoms with E-state index in [0.717, 1.165) is 0 Å². The summed E-state index contributed by atoms with van der Waals surface area (Å²) < 4.78 is 0. The summed E-state index contributed by atoms with van der Waals surface area (Å²) in [4.78, 5) is 2.69. The third-order valence-corrected chi connectivity index (χ3v) is 4.78. The summed E-state index contributed by atoms with van der Waals surface area (Å²) >= 11 is 1.85. The average molecular weight is 218 g/mol. The Morgan fingerprint density at radius 2 is 2.13 bits per heavy atom. The van der Waals surface area contributed by atoms with Crippen LogP contribution < -0.4 is 0 Å². The van der Waals surface area contributed by atoms with E-state index in [9.17, 15) is 0 Å². The van der Waals surface area contributed by atoms with Gasteiger partial charge in [0.1, 0.15) is 0 Å². The number of hydrogen-bond acceptors (Lipinski definition) is 1. The third-order valence-electron chi connectivity index (χ3n) is 3.67. The van der Waals surface area contributed by atoms with Crippen molar-refractivity contribution in [3.63, 3.8) is 0 Å². The van der Waals surface area contributed by atoms with E-state index in [1.165, 1.54) is 27.4 Å². The van der Waals surface area contributed by atoms with Crippen LogP contribution in [-0.4, -0.2) is 0 Å². The summed E-state index contributed by atoms with van der Waals surface area (Å²) in [5.41, 5.74) is 2.89. The second-order valence-electron chi connectivity index (χ2n) is 4.51. The first-order valence-electron chi connectivity index (χ1n) is 5.51. The molecule has 0 aromatic carbocycles. The normalized spacial score (nSPS) is 31.1. The molecule has 1 aliphatic heterocycles. The lowest BCUT2D eigenvalue weighted by molar-refractivity contribution is 0.484. The van der Waals surface area contributed by atoms with E-state index in [0.29, 0.717) is 11.8 Å². The van der Waals surface area contributed by atoms with E-state index >= 15 is 0 Å². The van der Waals surface area contributed by atoms with Gasteiger partial charge in [-0.15, -0.1) is 0 Å². The van der Waals surface area contributed by atoms with Crippen LogP contribution in [0, 0.1) is 11.8 Å². The Bertz CT molecular complexity index is 382. The van der Waals surface area contributed by atoms with Gasteiger partial charge in [0.2, 0.25) is 0 Å². The molecule has 0 amide bonds. The Morgan fingerprint density at radius 1 is 1.40 bits per heavy atom. The molecule has 0 nitrogen and oxygen atoms in total. The standard InChI is InChI=1S/C14H18S/c1-9-10(2)12(4)15-14-7-5-6-13(8-14)11(9)3/h5-7,11,13H,4,8H2,1-3H3. The van der Waals surface area contributed by atoms with Crippen LogP contribution in [0.1, 0.15) is 27.2 Å². The predicted molar refractivity (Wildman–Crippen MR) is 69.6 cm³/mol. The summed E-state index contributed by atoms with van der Waals surface area (Å²) in [6, 6.07) is 0. The van der Waals surface area contributed by atoms with Crippen LogP contribution in [0.2, 0.25) is 0 Å². The Labute approximate surface area is 96.8 Å². The van der Waals surface area contributed by atoms with Gasteiger partial charge in [0.25, 0.3) is 0 Å². The number of rotatable bonds is 0. The van der Waals surface area contributed by atoms with E-state index in [1.54, 1.807) is 0 Å². The lowest BCUT2D eigenvalue weighted by Gasteiger charge is -2.30. The Hall–Kier alpha value is -0.690. The van der Waals surface area contributed by atoms with Gasteiger partial charge in [-0.2, -0.15) is 0 Å². The van der Waals surface area contributed by atoms with Gasteiger partial charge in [-0.3, -0.25) is 0 Å². The maximum absolute atomic E-state index is 4.17. The molecular formula is C14H18S. The van der Waals surface area contributed by atoms with Gasteiger partial charge in [-0.25, -0.2) is 0 Å². The molecule has 2 atom stereocenters. The summed E-state index contributed by atoms with van der Waals surface area (Å²) in [6.45, 7) is 11.0. The summed E-state index contributed by atoms with van der Waals surface area (Å²) in [5, 5.41) is 0. The lowest BCUT2D eigenvalue weighted by Crippen LogP contribution is -2.15. The molecule has 2 bridgehead atoms. The maximum Gasteiger partial charge on any atom is 0.00755 e. The first kappa shape index (κ1) is 10.8. The predicted octanol–water partition coefficient (Wildman–Crippen LogP) is 4.68. The van der Waals surface area contributed by atoms with Crippen molar-refractivity contribution in [2.45, 2.75) is 27.2 Å². The van der Waals surface area contributed by atoms with Gasteiger partial charge in [0.15, 0.2) is 0 Å². The van der Waals surface area contributed by atoms with E-state index < -0.39 is 0 Å². The molecule has 15 heavy (non-hydrogen) atoms. The van der Waals surface area contributed by atoms with Crippen LogP contribution in [0.25, 0.3) is 0 Å². The number of thioether (sulfide) groups is 1. The maximum atomic E-state index is 4.17. The topological polar surface area (TPSA) is 0 Å². The molecule has 80 valence electrons. The average Bonchev–Trinajstić information content (AvgIpc) is 2.25. The molecule has 1 aliphatic carbocycles. The lowest BCUT2D eigenvalue weighted by atomic mass is 9.82. The Balaban J connectivity index is 2.44. The molecule has 0 fully saturated rings. The van der Waals surface area contributed by atoms with Gasteiger partial charge in [-0.05, 0) is 42.6 Å². The number of allylic oxidation sites excluding steroid dienone is 6. The highest BCUT2D eigenvalue weighted by Crippen LogP contribution is 2.43. The van der Waals surface area contributed by atoms with Gasteiger partial charge >= 0.3 is 0 Å². The molecule has 0 aromatic rings. The number of fused-ring (bicyclic) bond motifs is 2. The minimum absolute atomic E-state index is 0.641. The largest absolute Gasteiger partial charge is 0.0949 e.